The molecule has 0 aliphatic heterocycles. The first-order valence-electron chi connectivity index (χ1n) is 5.64. The highest BCUT2D eigenvalue weighted by molar-refractivity contribution is 5.74. The SMILES string of the molecule is COC(=O)Cc1cccc(-c2cccc(O)c2)c1. The fourth-order valence-corrected chi connectivity index (χ4v) is 1.79. The van der Waals surface area contributed by atoms with E-state index in [4.69, 9.17) is 0 Å². The van der Waals surface area contributed by atoms with Crippen LogP contribution in [0.3, 0.4) is 0 Å². The predicted molar refractivity (Wildman–Crippen MR) is 69.3 cm³/mol. The number of phenolic OH excluding ortho intramolecular Hbond substituents is 1. The quantitative estimate of drug-likeness (QED) is 0.842. The molecule has 2 rings (SSSR count). The third-order valence-corrected chi connectivity index (χ3v) is 2.68. The van der Waals surface area contributed by atoms with Crippen molar-refractivity contribution in [1.29, 1.82) is 0 Å². The maximum atomic E-state index is 11.2. The molecule has 0 aliphatic rings. The smallest absolute Gasteiger partial charge is 0.309 e. The lowest BCUT2D eigenvalue weighted by molar-refractivity contribution is -0.139. The van der Waals surface area contributed by atoms with E-state index in [1.165, 1.54) is 7.11 Å². The van der Waals surface area contributed by atoms with Crippen LogP contribution in [0.15, 0.2) is 48.5 Å². The Morgan fingerprint density at radius 3 is 2.44 bits per heavy atom. The average molecular weight is 242 g/mol. The van der Waals surface area contributed by atoms with Gasteiger partial charge in [-0.25, -0.2) is 0 Å². The molecular weight excluding hydrogens is 228 g/mol. The number of hydrogen-bond acceptors (Lipinski definition) is 3. The fourth-order valence-electron chi connectivity index (χ4n) is 1.79. The molecule has 0 bridgehead atoms. The maximum Gasteiger partial charge on any atom is 0.309 e. The molecule has 2 aromatic carbocycles. The minimum atomic E-state index is -0.261. The number of ether oxygens (including phenoxy) is 1. The van der Waals surface area contributed by atoms with Gasteiger partial charge < -0.3 is 9.84 Å². The van der Waals surface area contributed by atoms with Crippen molar-refractivity contribution in [3.8, 4) is 16.9 Å². The van der Waals surface area contributed by atoms with Crippen molar-refractivity contribution in [3.05, 3.63) is 54.1 Å². The highest BCUT2D eigenvalue weighted by atomic mass is 16.5. The van der Waals surface area contributed by atoms with Crippen LogP contribution in [0, 0.1) is 0 Å². The Bertz CT molecular complexity index is 561. The minimum absolute atomic E-state index is 0.228. The highest BCUT2D eigenvalue weighted by Gasteiger charge is 2.05. The van der Waals surface area contributed by atoms with Gasteiger partial charge in [-0.15, -0.1) is 0 Å². The molecule has 2 aromatic rings. The summed E-state index contributed by atoms with van der Waals surface area (Å²) in [4.78, 5) is 11.2. The molecule has 3 heteroatoms. The number of aromatic hydroxyl groups is 1. The lowest BCUT2D eigenvalue weighted by Gasteiger charge is -2.05. The third-order valence-electron chi connectivity index (χ3n) is 2.68. The average Bonchev–Trinajstić information content (AvgIpc) is 2.39. The highest BCUT2D eigenvalue weighted by Crippen LogP contribution is 2.24. The van der Waals surface area contributed by atoms with Crippen LogP contribution in [-0.2, 0) is 16.0 Å². The summed E-state index contributed by atoms with van der Waals surface area (Å²) in [7, 11) is 1.38. The summed E-state index contributed by atoms with van der Waals surface area (Å²) in [6, 6.07) is 14.6. The van der Waals surface area contributed by atoms with Crippen LogP contribution in [0.25, 0.3) is 11.1 Å². The van der Waals surface area contributed by atoms with Gasteiger partial charge in [0, 0.05) is 0 Å². The molecule has 0 radical (unpaired) electrons. The Morgan fingerprint density at radius 2 is 1.78 bits per heavy atom. The van der Waals surface area contributed by atoms with Gasteiger partial charge in [-0.2, -0.15) is 0 Å². The van der Waals surface area contributed by atoms with E-state index < -0.39 is 0 Å². The van der Waals surface area contributed by atoms with E-state index in [-0.39, 0.29) is 18.1 Å². The van der Waals surface area contributed by atoms with E-state index in [2.05, 4.69) is 4.74 Å². The number of benzene rings is 2. The second-order valence-corrected chi connectivity index (χ2v) is 4.00. The topological polar surface area (TPSA) is 46.5 Å². The Labute approximate surface area is 106 Å². The number of methoxy groups -OCH3 is 1. The first-order chi connectivity index (χ1) is 8.69. The lowest BCUT2D eigenvalue weighted by Crippen LogP contribution is -2.04. The second kappa shape index (κ2) is 5.36. The van der Waals surface area contributed by atoms with Crippen LogP contribution in [0.2, 0.25) is 0 Å². The van der Waals surface area contributed by atoms with E-state index in [9.17, 15) is 9.90 Å². The zero-order valence-corrected chi connectivity index (χ0v) is 10.1. The van der Waals surface area contributed by atoms with Crippen molar-refractivity contribution >= 4 is 5.97 Å². The monoisotopic (exact) mass is 242 g/mol. The van der Waals surface area contributed by atoms with Crippen LogP contribution in [0.5, 0.6) is 5.75 Å². The molecule has 0 fully saturated rings. The van der Waals surface area contributed by atoms with Crippen molar-refractivity contribution in [2.45, 2.75) is 6.42 Å². The van der Waals surface area contributed by atoms with E-state index >= 15 is 0 Å². The standard InChI is InChI=1S/C15H14O3/c1-18-15(17)9-11-4-2-5-12(8-11)13-6-3-7-14(16)10-13/h2-8,10,16H,9H2,1H3. The van der Waals surface area contributed by atoms with Gasteiger partial charge in [-0.3, -0.25) is 4.79 Å². The van der Waals surface area contributed by atoms with Gasteiger partial charge in [0.2, 0.25) is 0 Å². The molecule has 0 spiro atoms. The number of phenols is 1. The summed E-state index contributed by atoms with van der Waals surface area (Å²) >= 11 is 0. The van der Waals surface area contributed by atoms with E-state index in [0.29, 0.717) is 0 Å². The van der Waals surface area contributed by atoms with Crippen LogP contribution in [0.1, 0.15) is 5.56 Å². The minimum Gasteiger partial charge on any atom is -0.508 e. The normalized spacial score (nSPS) is 10.1. The molecule has 3 nitrogen and oxygen atoms in total. The molecular formula is C15H14O3. The molecule has 0 aliphatic carbocycles. The Balaban J connectivity index is 2.29. The molecule has 0 unspecified atom stereocenters. The maximum absolute atomic E-state index is 11.2. The lowest BCUT2D eigenvalue weighted by atomic mass is 10.0. The molecule has 18 heavy (non-hydrogen) atoms. The number of carbonyl (C=O) groups is 1. The summed E-state index contributed by atoms with van der Waals surface area (Å²) in [5.41, 5.74) is 2.77. The first kappa shape index (κ1) is 12.2. The predicted octanol–water partition coefficient (Wildman–Crippen LogP) is 2.77. The number of rotatable bonds is 3. The zero-order valence-electron chi connectivity index (χ0n) is 10.1. The summed E-state index contributed by atoms with van der Waals surface area (Å²) in [5, 5.41) is 9.45. The Hall–Kier alpha value is -2.29. The zero-order chi connectivity index (χ0) is 13.0. The Morgan fingerprint density at radius 1 is 1.11 bits per heavy atom. The van der Waals surface area contributed by atoms with Gasteiger partial charge in [0.15, 0.2) is 0 Å². The fraction of sp³-hybridized carbons (Fsp3) is 0.133. The van der Waals surface area contributed by atoms with Crippen molar-refractivity contribution in [3.63, 3.8) is 0 Å². The van der Waals surface area contributed by atoms with E-state index in [0.717, 1.165) is 16.7 Å². The molecule has 0 atom stereocenters. The second-order valence-electron chi connectivity index (χ2n) is 4.00. The van der Waals surface area contributed by atoms with Crippen LogP contribution >= 0.6 is 0 Å². The van der Waals surface area contributed by atoms with Gasteiger partial charge in [0.05, 0.1) is 13.5 Å². The van der Waals surface area contributed by atoms with Crippen LogP contribution in [0.4, 0.5) is 0 Å². The van der Waals surface area contributed by atoms with Crippen LogP contribution in [-0.4, -0.2) is 18.2 Å². The molecule has 92 valence electrons. The largest absolute Gasteiger partial charge is 0.508 e. The molecule has 0 saturated heterocycles. The first-order valence-corrected chi connectivity index (χ1v) is 5.64. The molecule has 0 amide bonds. The van der Waals surface area contributed by atoms with Crippen molar-refractivity contribution < 1.29 is 14.6 Å². The Kier molecular flexibility index (Phi) is 3.63. The van der Waals surface area contributed by atoms with Gasteiger partial charge in [-0.05, 0) is 28.8 Å². The third kappa shape index (κ3) is 2.88. The molecule has 0 heterocycles. The summed E-state index contributed by atoms with van der Waals surface area (Å²) in [5.74, 6) is -0.0334. The van der Waals surface area contributed by atoms with Crippen LogP contribution < -0.4 is 0 Å². The summed E-state index contributed by atoms with van der Waals surface area (Å²) in [6.45, 7) is 0. The number of esters is 1. The van der Waals surface area contributed by atoms with Gasteiger partial charge in [0.25, 0.3) is 0 Å². The number of hydrogen-bond donors (Lipinski definition) is 1. The van der Waals surface area contributed by atoms with Gasteiger partial charge >= 0.3 is 5.97 Å². The van der Waals surface area contributed by atoms with Crippen molar-refractivity contribution in [1.82, 2.24) is 0 Å². The van der Waals surface area contributed by atoms with Gasteiger partial charge in [0.1, 0.15) is 5.75 Å². The molecule has 0 aromatic heterocycles. The molecule has 0 saturated carbocycles. The van der Waals surface area contributed by atoms with Gasteiger partial charge in [-0.1, -0.05) is 36.4 Å². The molecule has 1 N–H and O–H groups in total. The number of carbonyl (C=O) groups excluding carboxylic acids is 1. The summed E-state index contributed by atoms with van der Waals surface area (Å²) < 4.78 is 4.64. The van der Waals surface area contributed by atoms with Crippen molar-refractivity contribution in [2.75, 3.05) is 7.11 Å². The van der Waals surface area contributed by atoms with E-state index in [1.807, 2.05) is 30.3 Å². The van der Waals surface area contributed by atoms with Crippen molar-refractivity contribution in [2.24, 2.45) is 0 Å². The van der Waals surface area contributed by atoms with E-state index in [1.54, 1.807) is 18.2 Å². The summed E-state index contributed by atoms with van der Waals surface area (Å²) in [6.07, 6.45) is 0.253.